The zero-order valence-electron chi connectivity index (χ0n) is 21.2. The maximum absolute atomic E-state index is 13.7. The van der Waals surface area contributed by atoms with Crippen LogP contribution < -0.4 is 10.1 Å². The van der Waals surface area contributed by atoms with E-state index in [2.05, 4.69) is 16.8 Å². The molecule has 2 aliphatic rings. The van der Waals surface area contributed by atoms with E-state index in [0.717, 1.165) is 36.1 Å². The van der Waals surface area contributed by atoms with Crippen LogP contribution in [0, 0.1) is 6.92 Å². The first-order chi connectivity index (χ1) is 16.7. The molecule has 0 bridgehead atoms. The van der Waals surface area contributed by atoms with Crippen LogP contribution in [0.3, 0.4) is 0 Å². The SMILES string of the molecule is Cc1ccccc1OC[C@@H]1c2ccsc2CCN1C(=O)CN(C[C@H]1CCCO1)C(=O)NC(C)(C)C. The Morgan fingerprint density at radius 1 is 1.26 bits per heavy atom. The summed E-state index contributed by atoms with van der Waals surface area (Å²) in [6.45, 7) is 9.97. The molecule has 0 aliphatic carbocycles. The molecule has 1 aromatic carbocycles. The number of amides is 3. The lowest BCUT2D eigenvalue weighted by molar-refractivity contribution is -0.135. The van der Waals surface area contributed by atoms with Gasteiger partial charge in [0.15, 0.2) is 0 Å². The Balaban J connectivity index is 1.51. The molecule has 190 valence electrons. The molecule has 3 heterocycles. The molecular weight excluding hydrogens is 462 g/mol. The van der Waals surface area contributed by atoms with Gasteiger partial charge in [-0.25, -0.2) is 4.79 Å². The molecule has 2 aliphatic heterocycles. The lowest BCUT2D eigenvalue weighted by atomic mass is 10.00. The second kappa shape index (κ2) is 11.0. The van der Waals surface area contributed by atoms with Crippen LogP contribution in [0.25, 0.3) is 0 Å². The maximum atomic E-state index is 13.7. The van der Waals surface area contributed by atoms with E-state index < -0.39 is 5.54 Å². The highest BCUT2D eigenvalue weighted by molar-refractivity contribution is 7.10. The van der Waals surface area contributed by atoms with Gasteiger partial charge in [0.2, 0.25) is 5.91 Å². The summed E-state index contributed by atoms with van der Waals surface area (Å²) < 4.78 is 12.0. The van der Waals surface area contributed by atoms with Gasteiger partial charge >= 0.3 is 6.03 Å². The van der Waals surface area contributed by atoms with Crippen LogP contribution in [0.5, 0.6) is 5.75 Å². The Kier molecular flexibility index (Phi) is 8.02. The molecule has 0 spiro atoms. The van der Waals surface area contributed by atoms with E-state index in [1.54, 1.807) is 16.2 Å². The zero-order chi connectivity index (χ0) is 25.0. The Hall–Kier alpha value is -2.58. The fourth-order valence-corrected chi connectivity index (χ4v) is 5.60. The summed E-state index contributed by atoms with van der Waals surface area (Å²) in [7, 11) is 0. The molecule has 3 amide bonds. The monoisotopic (exact) mass is 499 g/mol. The minimum atomic E-state index is -0.393. The highest BCUT2D eigenvalue weighted by Gasteiger charge is 2.35. The predicted octanol–water partition coefficient (Wildman–Crippen LogP) is 4.55. The predicted molar refractivity (Wildman–Crippen MR) is 138 cm³/mol. The summed E-state index contributed by atoms with van der Waals surface area (Å²) in [5, 5.41) is 5.10. The van der Waals surface area contributed by atoms with Gasteiger partial charge in [-0.15, -0.1) is 11.3 Å². The number of nitrogens with zero attached hydrogens (tertiary/aromatic N) is 2. The van der Waals surface area contributed by atoms with Crippen molar-refractivity contribution in [3.05, 3.63) is 51.7 Å². The lowest BCUT2D eigenvalue weighted by Crippen LogP contribution is -2.54. The van der Waals surface area contributed by atoms with E-state index in [1.807, 2.05) is 56.9 Å². The molecule has 1 N–H and O–H groups in total. The van der Waals surface area contributed by atoms with E-state index in [1.165, 1.54) is 4.88 Å². The Morgan fingerprint density at radius 3 is 2.77 bits per heavy atom. The van der Waals surface area contributed by atoms with Crippen LogP contribution in [0.4, 0.5) is 4.79 Å². The van der Waals surface area contributed by atoms with Gasteiger partial charge in [0, 0.05) is 30.1 Å². The first-order valence-electron chi connectivity index (χ1n) is 12.4. The Labute approximate surface area is 212 Å². The van der Waals surface area contributed by atoms with E-state index in [0.29, 0.717) is 26.3 Å². The number of nitrogens with one attached hydrogen (secondary N) is 1. The quantitative estimate of drug-likeness (QED) is 0.607. The summed E-state index contributed by atoms with van der Waals surface area (Å²) in [4.78, 5) is 31.6. The van der Waals surface area contributed by atoms with Gasteiger partial charge in [-0.2, -0.15) is 0 Å². The van der Waals surface area contributed by atoms with Gasteiger partial charge in [-0.1, -0.05) is 18.2 Å². The van der Waals surface area contributed by atoms with Gasteiger partial charge in [-0.05, 0) is 75.6 Å². The molecule has 35 heavy (non-hydrogen) atoms. The summed E-state index contributed by atoms with van der Waals surface area (Å²) in [6, 6.07) is 9.60. The molecule has 0 radical (unpaired) electrons. The van der Waals surface area contributed by atoms with Crippen molar-refractivity contribution in [1.29, 1.82) is 0 Å². The van der Waals surface area contributed by atoms with Crippen LogP contribution in [-0.4, -0.2) is 66.2 Å². The van der Waals surface area contributed by atoms with Crippen molar-refractivity contribution < 1.29 is 19.1 Å². The third-order valence-electron chi connectivity index (χ3n) is 6.45. The van der Waals surface area contributed by atoms with E-state index in [9.17, 15) is 9.59 Å². The molecular formula is C27H37N3O4S. The normalized spacial score (nSPS) is 19.8. The molecule has 2 aromatic rings. The van der Waals surface area contributed by atoms with E-state index >= 15 is 0 Å². The van der Waals surface area contributed by atoms with Gasteiger partial charge < -0.3 is 24.6 Å². The molecule has 1 saturated heterocycles. The van der Waals surface area contributed by atoms with E-state index in [4.69, 9.17) is 9.47 Å². The van der Waals surface area contributed by atoms with Crippen LogP contribution in [0.2, 0.25) is 0 Å². The third-order valence-corrected chi connectivity index (χ3v) is 7.45. The number of ether oxygens (including phenoxy) is 2. The minimum Gasteiger partial charge on any atom is -0.491 e. The highest BCUT2D eigenvalue weighted by Crippen LogP contribution is 2.34. The number of benzene rings is 1. The van der Waals surface area contributed by atoms with Gasteiger partial charge in [0.1, 0.15) is 18.9 Å². The second-order valence-corrected chi connectivity index (χ2v) is 11.4. The smallest absolute Gasteiger partial charge is 0.318 e. The number of para-hydroxylation sites is 1. The number of thiophene rings is 1. The number of aryl methyl sites for hydroxylation is 1. The molecule has 8 heteroatoms. The van der Waals surface area contributed by atoms with Crippen LogP contribution in [0.15, 0.2) is 35.7 Å². The molecule has 2 atom stereocenters. The largest absolute Gasteiger partial charge is 0.491 e. The zero-order valence-corrected chi connectivity index (χ0v) is 22.0. The number of urea groups is 1. The number of rotatable bonds is 7. The average Bonchev–Trinajstić information content (AvgIpc) is 3.48. The fraction of sp³-hybridized carbons (Fsp3) is 0.556. The van der Waals surface area contributed by atoms with Crippen molar-refractivity contribution in [2.75, 3.05) is 32.8 Å². The maximum Gasteiger partial charge on any atom is 0.318 e. The van der Waals surface area contributed by atoms with Crippen molar-refractivity contribution in [3.8, 4) is 5.75 Å². The first-order valence-corrected chi connectivity index (χ1v) is 13.3. The average molecular weight is 500 g/mol. The van der Waals surface area contributed by atoms with Crippen molar-refractivity contribution in [2.24, 2.45) is 0 Å². The molecule has 1 aromatic heterocycles. The second-order valence-electron chi connectivity index (χ2n) is 10.4. The topological polar surface area (TPSA) is 71.1 Å². The minimum absolute atomic E-state index is 0.0160. The van der Waals surface area contributed by atoms with Crippen molar-refractivity contribution in [2.45, 2.75) is 64.6 Å². The molecule has 7 nitrogen and oxygen atoms in total. The van der Waals surface area contributed by atoms with Crippen LogP contribution in [-0.2, 0) is 16.0 Å². The van der Waals surface area contributed by atoms with Gasteiger partial charge in [-0.3, -0.25) is 4.79 Å². The molecule has 4 rings (SSSR count). The number of fused-ring (bicyclic) bond motifs is 1. The lowest BCUT2D eigenvalue weighted by Gasteiger charge is -2.37. The van der Waals surface area contributed by atoms with Crippen LogP contribution in [0.1, 0.15) is 55.7 Å². The number of carbonyl (C=O) groups is 2. The summed E-state index contributed by atoms with van der Waals surface area (Å²) in [5.41, 5.74) is 1.82. The number of hydrogen-bond donors (Lipinski definition) is 1. The van der Waals surface area contributed by atoms with Gasteiger partial charge in [0.25, 0.3) is 0 Å². The standard InChI is InChI=1S/C27H37N3O4S/c1-19-8-5-6-10-23(19)34-18-22-21-12-15-35-24(21)11-13-30(22)25(31)17-29(16-20-9-7-14-33-20)26(32)28-27(2,3)4/h5-6,8,10,12,15,20,22H,7,9,11,13-14,16-18H2,1-4H3,(H,28,32)/t20-,22-/m1/s1. The van der Waals surface area contributed by atoms with Crippen molar-refractivity contribution in [1.82, 2.24) is 15.1 Å². The van der Waals surface area contributed by atoms with Gasteiger partial charge in [0.05, 0.1) is 12.1 Å². The molecule has 0 saturated carbocycles. The third kappa shape index (κ3) is 6.55. The van der Waals surface area contributed by atoms with E-state index in [-0.39, 0.29) is 30.6 Å². The van der Waals surface area contributed by atoms with Crippen molar-refractivity contribution in [3.63, 3.8) is 0 Å². The highest BCUT2D eigenvalue weighted by atomic mass is 32.1. The Bertz CT molecular complexity index is 1030. The summed E-state index contributed by atoms with van der Waals surface area (Å²) in [6.07, 6.45) is 2.68. The molecule has 0 unspecified atom stereocenters. The number of carbonyl (C=O) groups excluding carboxylic acids is 2. The fourth-order valence-electron chi connectivity index (χ4n) is 4.67. The summed E-state index contributed by atoms with van der Waals surface area (Å²) in [5.74, 6) is 0.758. The molecule has 1 fully saturated rings. The van der Waals surface area contributed by atoms with Crippen LogP contribution >= 0.6 is 11.3 Å². The Morgan fingerprint density at radius 2 is 2.06 bits per heavy atom. The number of hydrogen-bond acceptors (Lipinski definition) is 5. The van der Waals surface area contributed by atoms with Crippen molar-refractivity contribution >= 4 is 23.3 Å². The summed E-state index contributed by atoms with van der Waals surface area (Å²) >= 11 is 1.73. The first kappa shape index (κ1) is 25.5.